The number of hydrogen-bond donors (Lipinski definition) is 2. The van der Waals surface area contributed by atoms with Gasteiger partial charge in [0, 0.05) is 42.8 Å². The second-order valence-electron chi connectivity index (χ2n) is 7.91. The molecule has 4 rings (SSSR count). The first kappa shape index (κ1) is 21.1. The molecule has 2 N–H and O–H groups in total. The van der Waals surface area contributed by atoms with Crippen molar-refractivity contribution >= 4 is 33.0 Å². The smallest absolute Gasteiger partial charge is 0.280 e. The van der Waals surface area contributed by atoms with E-state index in [9.17, 15) is 8.42 Å². The summed E-state index contributed by atoms with van der Waals surface area (Å²) in [7, 11) is -3.75. The summed E-state index contributed by atoms with van der Waals surface area (Å²) in [6.07, 6.45) is 5.41. The number of aromatic nitrogens is 4. The van der Waals surface area contributed by atoms with Gasteiger partial charge in [0.1, 0.15) is 17.5 Å². The minimum Gasteiger partial charge on any atom is -0.356 e. The first-order valence-electron chi connectivity index (χ1n) is 10.3. The quantitative estimate of drug-likeness (QED) is 0.576. The zero-order valence-electron chi connectivity index (χ0n) is 17.9. The molecule has 0 aliphatic carbocycles. The highest BCUT2D eigenvalue weighted by atomic mass is 32.2. The van der Waals surface area contributed by atoms with Gasteiger partial charge < -0.3 is 14.8 Å². The first-order chi connectivity index (χ1) is 14.8. The van der Waals surface area contributed by atoms with Gasteiger partial charge in [-0.3, -0.25) is 4.72 Å². The summed E-state index contributed by atoms with van der Waals surface area (Å²) in [6, 6.07) is 9.09. The molecule has 1 fully saturated rings. The average molecular weight is 442 g/mol. The minimum atomic E-state index is -3.75. The van der Waals surface area contributed by atoms with Crippen LogP contribution in [0.3, 0.4) is 0 Å². The van der Waals surface area contributed by atoms with E-state index >= 15 is 0 Å². The van der Waals surface area contributed by atoms with Crippen molar-refractivity contribution in [2.75, 3.05) is 28.0 Å². The monoisotopic (exact) mass is 441 g/mol. The molecule has 164 valence electrons. The Kier molecular flexibility index (Phi) is 5.81. The third-order valence-corrected chi connectivity index (χ3v) is 6.38. The van der Waals surface area contributed by atoms with Crippen molar-refractivity contribution in [1.82, 2.24) is 19.5 Å². The van der Waals surface area contributed by atoms with Gasteiger partial charge in [0.2, 0.25) is 0 Å². The van der Waals surface area contributed by atoms with Crippen molar-refractivity contribution in [3.8, 4) is 0 Å². The van der Waals surface area contributed by atoms with Crippen molar-refractivity contribution in [3.63, 3.8) is 0 Å². The number of sulfonamides is 1. The number of benzene rings is 1. The Morgan fingerprint density at radius 2 is 1.71 bits per heavy atom. The third-order valence-electron chi connectivity index (χ3n) is 5.11. The van der Waals surface area contributed by atoms with Crippen LogP contribution in [-0.2, 0) is 10.0 Å². The van der Waals surface area contributed by atoms with Crippen LogP contribution in [0.4, 0.5) is 23.0 Å². The van der Waals surface area contributed by atoms with Crippen LogP contribution < -0.4 is 14.9 Å². The summed E-state index contributed by atoms with van der Waals surface area (Å²) in [4.78, 5) is 15.3. The molecule has 0 spiro atoms. The fourth-order valence-electron chi connectivity index (χ4n) is 3.44. The average Bonchev–Trinajstić information content (AvgIpc) is 3.42. The third kappa shape index (κ3) is 4.96. The van der Waals surface area contributed by atoms with E-state index < -0.39 is 10.0 Å². The fraction of sp³-hybridized carbons (Fsp3) is 0.381. The van der Waals surface area contributed by atoms with Crippen molar-refractivity contribution in [2.45, 2.75) is 44.7 Å². The number of rotatable bonds is 7. The van der Waals surface area contributed by atoms with Crippen LogP contribution in [0.15, 0.2) is 47.9 Å². The van der Waals surface area contributed by atoms with E-state index in [1.54, 1.807) is 28.8 Å². The lowest BCUT2D eigenvalue weighted by Gasteiger charge is -2.18. The summed E-state index contributed by atoms with van der Waals surface area (Å²) in [5, 5.41) is 3.27. The molecule has 0 radical (unpaired) electrons. The molecule has 1 aliphatic rings. The number of nitrogens with one attached hydrogen (secondary N) is 2. The number of hydrogen-bond acceptors (Lipinski definition) is 7. The Morgan fingerprint density at radius 1 is 1.03 bits per heavy atom. The van der Waals surface area contributed by atoms with Gasteiger partial charge in [0.15, 0.2) is 5.03 Å². The van der Waals surface area contributed by atoms with E-state index in [1.165, 1.54) is 25.4 Å². The van der Waals surface area contributed by atoms with E-state index in [0.29, 0.717) is 17.3 Å². The van der Waals surface area contributed by atoms with E-state index in [1.807, 2.05) is 26.8 Å². The zero-order valence-corrected chi connectivity index (χ0v) is 18.7. The van der Waals surface area contributed by atoms with Gasteiger partial charge in [-0.1, -0.05) is 0 Å². The van der Waals surface area contributed by atoms with Gasteiger partial charge in [0.25, 0.3) is 10.0 Å². The van der Waals surface area contributed by atoms with E-state index in [0.717, 1.165) is 24.6 Å². The minimum absolute atomic E-state index is 0.00527. The van der Waals surface area contributed by atoms with Crippen LogP contribution in [0, 0.1) is 6.92 Å². The highest BCUT2D eigenvalue weighted by molar-refractivity contribution is 7.92. The Morgan fingerprint density at radius 3 is 2.35 bits per heavy atom. The highest BCUT2D eigenvalue weighted by Crippen LogP contribution is 2.24. The number of aryl methyl sites for hydroxylation is 1. The van der Waals surface area contributed by atoms with E-state index in [-0.39, 0.29) is 11.1 Å². The molecule has 31 heavy (non-hydrogen) atoms. The molecule has 10 heteroatoms. The van der Waals surface area contributed by atoms with Crippen molar-refractivity contribution in [1.29, 1.82) is 0 Å². The zero-order chi connectivity index (χ0) is 22.0. The summed E-state index contributed by atoms with van der Waals surface area (Å²) in [6.45, 7) is 7.83. The molecule has 9 nitrogen and oxygen atoms in total. The Labute approximate surface area is 182 Å². The molecule has 3 aromatic rings. The lowest BCUT2D eigenvalue weighted by Crippen LogP contribution is -2.19. The standard InChI is InChI=1S/C21H27N7O2S/c1-15(2)28-13-21(22-14-28)31(29,30)26-18-8-6-17(7-9-18)25-19-12-20(24-16(3)23-19)27-10-4-5-11-27/h6-9,12-15,26H,4-5,10-11H2,1-3H3,(H,23,24,25). The van der Waals surface area contributed by atoms with Gasteiger partial charge >= 0.3 is 0 Å². The molecule has 2 aromatic heterocycles. The van der Waals surface area contributed by atoms with Gasteiger partial charge in [-0.25, -0.2) is 15.0 Å². The van der Waals surface area contributed by atoms with Crippen LogP contribution in [0.2, 0.25) is 0 Å². The van der Waals surface area contributed by atoms with Crippen molar-refractivity contribution < 1.29 is 8.42 Å². The Hall–Kier alpha value is -3.14. The molecule has 0 saturated carbocycles. The fourth-order valence-corrected chi connectivity index (χ4v) is 4.44. The Bertz CT molecular complexity index is 1150. The van der Waals surface area contributed by atoms with Gasteiger partial charge in [-0.15, -0.1) is 0 Å². The van der Waals surface area contributed by atoms with Crippen molar-refractivity contribution in [2.24, 2.45) is 0 Å². The lowest BCUT2D eigenvalue weighted by atomic mass is 10.3. The number of anilines is 4. The number of nitrogens with zero attached hydrogens (tertiary/aromatic N) is 5. The van der Waals surface area contributed by atoms with Gasteiger partial charge in [-0.05, 0) is 57.9 Å². The molecule has 0 atom stereocenters. The van der Waals surface area contributed by atoms with E-state index in [2.05, 4.69) is 29.9 Å². The summed E-state index contributed by atoms with van der Waals surface area (Å²) < 4.78 is 29.5. The first-order valence-corrected chi connectivity index (χ1v) is 11.8. The van der Waals surface area contributed by atoms with Crippen LogP contribution >= 0.6 is 0 Å². The second kappa shape index (κ2) is 8.54. The van der Waals surface area contributed by atoms with Gasteiger partial charge in [0.05, 0.1) is 6.33 Å². The van der Waals surface area contributed by atoms with Gasteiger partial charge in [-0.2, -0.15) is 8.42 Å². The molecular formula is C21H27N7O2S. The SMILES string of the molecule is Cc1nc(Nc2ccc(NS(=O)(=O)c3cn(C(C)C)cn3)cc2)cc(N2CCCC2)n1. The predicted molar refractivity (Wildman–Crippen MR) is 121 cm³/mol. The summed E-state index contributed by atoms with van der Waals surface area (Å²) in [5.41, 5.74) is 1.26. The maximum atomic E-state index is 12.6. The molecule has 1 saturated heterocycles. The molecule has 0 unspecified atom stereocenters. The Balaban J connectivity index is 1.46. The second-order valence-corrected chi connectivity index (χ2v) is 9.54. The van der Waals surface area contributed by atoms with Crippen LogP contribution in [0.1, 0.15) is 38.6 Å². The predicted octanol–water partition coefficient (Wildman–Crippen LogP) is 3.71. The lowest BCUT2D eigenvalue weighted by molar-refractivity contribution is 0.591. The molecule has 0 amide bonds. The largest absolute Gasteiger partial charge is 0.356 e. The molecular weight excluding hydrogens is 414 g/mol. The van der Waals surface area contributed by atoms with Crippen molar-refractivity contribution in [3.05, 3.63) is 48.7 Å². The number of imidazole rings is 1. The highest BCUT2D eigenvalue weighted by Gasteiger charge is 2.18. The normalized spacial score (nSPS) is 14.3. The molecule has 1 aromatic carbocycles. The van der Waals surface area contributed by atoms with Crippen LogP contribution in [0.25, 0.3) is 0 Å². The maximum Gasteiger partial charge on any atom is 0.280 e. The topological polar surface area (TPSA) is 105 Å². The van der Waals surface area contributed by atoms with Crippen LogP contribution in [0.5, 0.6) is 0 Å². The molecule has 0 bridgehead atoms. The molecule has 3 heterocycles. The summed E-state index contributed by atoms with van der Waals surface area (Å²) in [5.74, 6) is 2.34. The van der Waals surface area contributed by atoms with Crippen LogP contribution in [-0.4, -0.2) is 41.0 Å². The van der Waals surface area contributed by atoms with E-state index in [4.69, 9.17) is 0 Å². The maximum absolute atomic E-state index is 12.6. The summed E-state index contributed by atoms with van der Waals surface area (Å²) >= 11 is 0. The molecule has 1 aliphatic heterocycles.